The van der Waals surface area contributed by atoms with Crippen LogP contribution in [0.3, 0.4) is 0 Å². The van der Waals surface area contributed by atoms with Crippen molar-refractivity contribution >= 4 is 9.84 Å². The van der Waals surface area contributed by atoms with Gasteiger partial charge in [0, 0.05) is 6.04 Å². The van der Waals surface area contributed by atoms with E-state index in [2.05, 4.69) is 5.32 Å². The van der Waals surface area contributed by atoms with Crippen LogP contribution in [-0.2, 0) is 16.3 Å². The number of nitrogens with one attached hydrogen (secondary N) is 1. The lowest BCUT2D eigenvalue weighted by atomic mass is 10.1. The molecule has 3 nitrogen and oxygen atoms in total. The molecule has 90 valence electrons. The molecule has 0 bridgehead atoms. The molecule has 1 aromatic carbocycles. The molecule has 0 aromatic heterocycles. The second kappa shape index (κ2) is 5.46. The van der Waals surface area contributed by atoms with Crippen molar-refractivity contribution in [2.45, 2.75) is 31.2 Å². The summed E-state index contributed by atoms with van der Waals surface area (Å²) in [6.07, 6.45) is 0.728. The molecule has 16 heavy (non-hydrogen) atoms. The number of likely N-dealkylation sites (N-methyl/N-ethyl adjacent to an activating group) is 1. The van der Waals surface area contributed by atoms with Gasteiger partial charge in [0.1, 0.15) is 0 Å². The molecule has 4 heteroatoms. The molecule has 0 spiro atoms. The van der Waals surface area contributed by atoms with Crippen LogP contribution in [0, 0.1) is 0 Å². The van der Waals surface area contributed by atoms with Crippen molar-refractivity contribution in [3.63, 3.8) is 0 Å². The van der Waals surface area contributed by atoms with E-state index in [1.165, 1.54) is 0 Å². The standard InChI is InChI=1S/C12H19NO2S/c1-4-16(14,15)12-8-6-5-7-11(12)9-10(2)13-3/h5-8,10,13H,4,9H2,1-3H3. The van der Waals surface area contributed by atoms with E-state index in [1.807, 2.05) is 26.1 Å². The first-order valence-electron chi connectivity index (χ1n) is 5.49. The number of sulfone groups is 1. The van der Waals surface area contributed by atoms with Crippen molar-refractivity contribution in [2.75, 3.05) is 12.8 Å². The van der Waals surface area contributed by atoms with E-state index in [1.54, 1.807) is 19.1 Å². The zero-order valence-electron chi connectivity index (χ0n) is 10.0. The minimum Gasteiger partial charge on any atom is -0.317 e. The maximum Gasteiger partial charge on any atom is 0.178 e. The summed E-state index contributed by atoms with van der Waals surface area (Å²) in [5.74, 6) is 0.151. The molecule has 1 aromatic rings. The predicted molar refractivity (Wildman–Crippen MR) is 66.4 cm³/mol. The Morgan fingerprint density at radius 1 is 1.31 bits per heavy atom. The largest absolute Gasteiger partial charge is 0.317 e. The van der Waals surface area contributed by atoms with Crippen molar-refractivity contribution in [3.8, 4) is 0 Å². The normalized spacial score (nSPS) is 13.7. The molecule has 0 aliphatic heterocycles. The molecule has 1 N–H and O–H groups in total. The Morgan fingerprint density at radius 2 is 1.94 bits per heavy atom. The zero-order chi connectivity index (χ0) is 12.2. The first kappa shape index (κ1) is 13.2. The molecular weight excluding hydrogens is 222 g/mol. The third kappa shape index (κ3) is 3.06. The molecule has 0 aliphatic carbocycles. The van der Waals surface area contributed by atoms with E-state index in [0.717, 1.165) is 12.0 Å². The van der Waals surface area contributed by atoms with Gasteiger partial charge < -0.3 is 5.32 Å². The fourth-order valence-corrected chi connectivity index (χ4v) is 2.71. The number of hydrogen-bond donors (Lipinski definition) is 1. The summed E-state index contributed by atoms with van der Waals surface area (Å²) in [4.78, 5) is 0.472. The average molecular weight is 241 g/mol. The molecule has 1 unspecified atom stereocenters. The monoisotopic (exact) mass is 241 g/mol. The second-order valence-corrected chi connectivity index (χ2v) is 6.15. The third-order valence-electron chi connectivity index (χ3n) is 2.71. The van der Waals surface area contributed by atoms with Crippen molar-refractivity contribution in [1.29, 1.82) is 0 Å². The van der Waals surface area contributed by atoms with Crippen LogP contribution < -0.4 is 5.32 Å². The highest BCUT2D eigenvalue weighted by molar-refractivity contribution is 7.91. The van der Waals surface area contributed by atoms with Crippen molar-refractivity contribution in [3.05, 3.63) is 29.8 Å². The van der Waals surface area contributed by atoms with Crippen LogP contribution in [0.15, 0.2) is 29.2 Å². The van der Waals surface area contributed by atoms with E-state index >= 15 is 0 Å². The lowest BCUT2D eigenvalue weighted by Crippen LogP contribution is -2.24. The van der Waals surface area contributed by atoms with Crippen LogP contribution >= 0.6 is 0 Å². The fraction of sp³-hybridized carbons (Fsp3) is 0.500. The highest BCUT2D eigenvalue weighted by atomic mass is 32.2. The van der Waals surface area contributed by atoms with Crippen LogP contribution in [-0.4, -0.2) is 27.3 Å². The van der Waals surface area contributed by atoms with E-state index in [0.29, 0.717) is 4.90 Å². The fourth-order valence-electron chi connectivity index (χ4n) is 1.56. The van der Waals surface area contributed by atoms with Crippen LogP contribution in [0.2, 0.25) is 0 Å². The van der Waals surface area contributed by atoms with Crippen molar-refractivity contribution in [1.82, 2.24) is 5.32 Å². The predicted octanol–water partition coefficient (Wildman–Crippen LogP) is 1.63. The van der Waals surface area contributed by atoms with Crippen LogP contribution in [0.5, 0.6) is 0 Å². The SMILES string of the molecule is CCS(=O)(=O)c1ccccc1CC(C)NC. The van der Waals surface area contributed by atoms with Gasteiger partial charge in [-0.2, -0.15) is 0 Å². The molecule has 0 saturated heterocycles. The maximum absolute atomic E-state index is 11.9. The van der Waals surface area contributed by atoms with Gasteiger partial charge in [-0.25, -0.2) is 8.42 Å². The van der Waals surface area contributed by atoms with Crippen LogP contribution in [0.4, 0.5) is 0 Å². The lowest BCUT2D eigenvalue weighted by Gasteiger charge is -2.13. The molecule has 0 radical (unpaired) electrons. The van der Waals surface area contributed by atoms with Crippen molar-refractivity contribution in [2.24, 2.45) is 0 Å². The quantitative estimate of drug-likeness (QED) is 0.852. The summed E-state index contributed by atoms with van der Waals surface area (Å²) in [7, 11) is -1.23. The van der Waals surface area contributed by atoms with Crippen LogP contribution in [0.1, 0.15) is 19.4 Å². The number of hydrogen-bond acceptors (Lipinski definition) is 3. The summed E-state index contributed by atoms with van der Waals surface area (Å²) in [6.45, 7) is 3.71. The van der Waals surface area contributed by atoms with E-state index in [9.17, 15) is 8.42 Å². The Hall–Kier alpha value is -0.870. The number of benzene rings is 1. The Labute approximate surface area is 97.8 Å². The van der Waals surface area contributed by atoms with Gasteiger partial charge in [-0.3, -0.25) is 0 Å². The molecular formula is C12H19NO2S. The minimum absolute atomic E-state index is 0.151. The summed E-state index contributed by atoms with van der Waals surface area (Å²) >= 11 is 0. The summed E-state index contributed by atoms with van der Waals surface area (Å²) in [6, 6.07) is 7.50. The van der Waals surface area contributed by atoms with Gasteiger partial charge in [-0.05, 0) is 32.0 Å². The Kier molecular flexibility index (Phi) is 4.50. The highest BCUT2D eigenvalue weighted by Crippen LogP contribution is 2.18. The second-order valence-electron chi connectivity index (χ2n) is 3.90. The molecule has 1 atom stereocenters. The minimum atomic E-state index is -3.11. The van der Waals surface area contributed by atoms with Gasteiger partial charge >= 0.3 is 0 Å². The molecule has 0 saturated carbocycles. The first-order valence-corrected chi connectivity index (χ1v) is 7.14. The highest BCUT2D eigenvalue weighted by Gasteiger charge is 2.16. The van der Waals surface area contributed by atoms with Crippen molar-refractivity contribution < 1.29 is 8.42 Å². The van der Waals surface area contributed by atoms with E-state index in [-0.39, 0.29) is 11.8 Å². The van der Waals surface area contributed by atoms with E-state index < -0.39 is 9.84 Å². The van der Waals surface area contributed by atoms with Gasteiger partial charge in [0.2, 0.25) is 0 Å². The Morgan fingerprint density at radius 3 is 2.50 bits per heavy atom. The maximum atomic E-state index is 11.9. The molecule has 0 fully saturated rings. The molecule has 0 heterocycles. The Bertz CT molecular complexity index is 440. The smallest absolute Gasteiger partial charge is 0.178 e. The zero-order valence-corrected chi connectivity index (χ0v) is 10.8. The third-order valence-corrected chi connectivity index (χ3v) is 4.54. The average Bonchev–Trinajstić information content (AvgIpc) is 2.29. The van der Waals surface area contributed by atoms with Gasteiger partial charge in [0.05, 0.1) is 10.6 Å². The van der Waals surface area contributed by atoms with Gasteiger partial charge in [-0.15, -0.1) is 0 Å². The van der Waals surface area contributed by atoms with Gasteiger partial charge in [0.25, 0.3) is 0 Å². The summed E-state index contributed by atoms with van der Waals surface area (Å²) < 4.78 is 23.7. The topological polar surface area (TPSA) is 46.2 Å². The van der Waals surface area contributed by atoms with E-state index in [4.69, 9.17) is 0 Å². The van der Waals surface area contributed by atoms with Gasteiger partial charge in [0.15, 0.2) is 9.84 Å². The molecule has 0 aliphatic rings. The lowest BCUT2D eigenvalue weighted by molar-refractivity contribution is 0.586. The molecule has 1 rings (SSSR count). The number of rotatable bonds is 5. The summed E-state index contributed by atoms with van der Waals surface area (Å²) in [5, 5.41) is 3.12. The Balaban J connectivity index is 3.11. The van der Waals surface area contributed by atoms with Crippen LogP contribution in [0.25, 0.3) is 0 Å². The first-order chi connectivity index (χ1) is 7.51. The van der Waals surface area contributed by atoms with Gasteiger partial charge in [-0.1, -0.05) is 25.1 Å². The molecule has 0 amide bonds. The summed E-state index contributed by atoms with van der Waals surface area (Å²) in [5.41, 5.74) is 0.895.